The number of aromatic nitrogens is 4. The Morgan fingerprint density at radius 1 is 1.26 bits per heavy atom. The molecule has 1 aliphatic rings. The van der Waals surface area contributed by atoms with Crippen molar-refractivity contribution < 1.29 is 14.1 Å². The molecular weight excluding hydrogens is 298 g/mol. The van der Waals surface area contributed by atoms with Crippen LogP contribution in [0, 0.1) is 19.8 Å². The predicted molar refractivity (Wildman–Crippen MR) is 79.6 cm³/mol. The van der Waals surface area contributed by atoms with Crippen LogP contribution in [-0.2, 0) is 4.74 Å². The number of carbonyl (C=O) groups excluding carboxylic acids is 1. The second-order valence-corrected chi connectivity index (χ2v) is 5.62. The summed E-state index contributed by atoms with van der Waals surface area (Å²) in [4.78, 5) is 24.9. The van der Waals surface area contributed by atoms with Gasteiger partial charge in [0.2, 0.25) is 5.89 Å². The van der Waals surface area contributed by atoms with Gasteiger partial charge in [0.1, 0.15) is 11.7 Å². The average molecular weight is 317 g/mol. The van der Waals surface area contributed by atoms with Crippen LogP contribution in [0.2, 0.25) is 0 Å². The van der Waals surface area contributed by atoms with Crippen LogP contribution in [0.5, 0.6) is 0 Å². The lowest BCUT2D eigenvalue weighted by molar-refractivity contribution is 0.0467. The Morgan fingerprint density at radius 2 is 2.04 bits per heavy atom. The van der Waals surface area contributed by atoms with Gasteiger partial charge >= 0.3 is 0 Å². The highest BCUT2D eigenvalue weighted by Crippen LogP contribution is 2.29. The Labute approximate surface area is 133 Å². The minimum Gasteiger partial charge on any atom is -0.381 e. The van der Waals surface area contributed by atoms with Gasteiger partial charge in [-0.1, -0.05) is 5.16 Å². The van der Waals surface area contributed by atoms with Gasteiger partial charge in [-0.25, -0.2) is 4.98 Å². The maximum atomic E-state index is 12.5. The summed E-state index contributed by atoms with van der Waals surface area (Å²) in [6.45, 7) is 4.89. The van der Waals surface area contributed by atoms with Crippen LogP contribution in [0.3, 0.4) is 0 Å². The highest BCUT2D eigenvalue weighted by atomic mass is 16.5. The molecule has 0 spiro atoms. The SMILES string of the molecule is Cc1cnc(C(=O)NC(c2nc(C)no2)C2CCOCC2)cn1. The van der Waals surface area contributed by atoms with E-state index in [4.69, 9.17) is 9.26 Å². The molecule has 1 aliphatic heterocycles. The normalized spacial score (nSPS) is 17.0. The number of hydrogen-bond donors (Lipinski definition) is 1. The zero-order valence-electron chi connectivity index (χ0n) is 13.2. The monoisotopic (exact) mass is 317 g/mol. The van der Waals surface area contributed by atoms with Gasteiger partial charge in [-0.15, -0.1) is 0 Å². The Kier molecular flexibility index (Phi) is 4.61. The quantitative estimate of drug-likeness (QED) is 0.908. The largest absolute Gasteiger partial charge is 0.381 e. The molecule has 0 bridgehead atoms. The molecule has 2 aromatic rings. The summed E-state index contributed by atoms with van der Waals surface area (Å²) in [6, 6.07) is -0.351. The lowest BCUT2D eigenvalue weighted by atomic mass is 9.91. The number of rotatable bonds is 4. The first-order valence-electron chi connectivity index (χ1n) is 7.61. The Balaban J connectivity index is 1.80. The third kappa shape index (κ3) is 3.70. The molecule has 1 fully saturated rings. The molecule has 1 atom stereocenters. The van der Waals surface area contributed by atoms with Crippen molar-refractivity contribution in [3.8, 4) is 0 Å². The Hall–Kier alpha value is -2.35. The smallest absolute Gasteiger partial charge is 0.272 e. The van der Waals surface area contributed by atoms with Crippen LogP contribution in [0.15, 0.2) is 16.9 Å². The van der Waals surface area contributed by atoms with E-state index in [0.29, 0.717) is 24.9 Å². The molecule has 0 aromatic carbocycles. The van der Waals surface area contributed by atoms with Gasteiger partial charge in [0.05, 0.1) is 11.9 Å². The summed E-state index contributed by atoms with van der Waals surface area (Å²) in [5.74, 6) is 0.847. The van der Waals surface area contributed by atoms with Crippen LogP contribution >= 0.6 is 0 Å². The number of nitrogens with zero attached hydrogens (tertiary/aromatic N) is 4. The van der Waals surface area contributed by atoms with E-state index in [0.717, 1.165) is 18.5 Å². The van der Waals surface area contributed by atoms with Gasteiger partial charge in [-0.05, 0) is 32.6 Å². The van der Waals surface area contributed by atoms with E-state index >= 15 is 0 Å². The minimum absolute atomic E-state index is 0.186. The molecule has 1 unspecified atom stereocenters. The van der Waals surface area contributed by atoms with Crippen LogP contribution in [0.25, 0.3) is 0 Å². The Bertz CT molecular complexity index is 664. The van der Waals surface area contributed by atoms with E-state index < -0.39 is 0 Å². The highest BCUT2D eigenvalue weighted by molar-refractivity contribution is 5.92. The summed E-state index contributed by atoms with van der Waals surface area (Å²) in [5, 5.41) is 6.79. The summed E-state index contributed by atoms with van der Waals surface area (Å²) in [6.07, 6.45) is 4.68. The van der Waals surface area contributed by atoms with Gasteiger partial charge in [0, 0.05) is 19.4 Å². The van der Waals surface area contributed by atoms with Gasteiger partial charge < -0.3 is 14.6 Å². The fourth-order valence-corrected chi connectivity index (χ4v) is 2.59. The predicted octanol–water partition coefficient (Wildman–Crippen LogP) is 1.37. The zero-order chi connectivity index (χ0) is 16.2. The molecular formula is C15H19N5O3. The third-order valence-electron chi connectivity index (χ3n) is 3.85. The second kappa shape index (κ2) is 6.82. The van der Waals surface area contributed by atoms with E-state index in [2.05, 4.69) is 25.4 Å². The first-order chi connectivity index (χ1) is 11.1. The van der Waals surface area contributed by atoms with E-state index in [-0.39, 0.29) is 23.6 Å². The summed E-state index contributed by atoms with van der Waals surface area (Å²) in [5.41, 5.74) is 1.03. The number of nitrogens with one attached hydrogen (secondary N) is 1. The van der Waals surface area contributed by atoms with Crippen LogP contribution in [0.1, 0.15) is 46.8 Å². The van der Waals surface area contributed by atoms with Crippen LogP contribution in [0.4, 0.5) is 0 Å². The topological polar surface area (TPSA) is 103 Å². The maximum Gasteiger partial charge on any atom is 0.272 e. The molecule has 23 heavy (non-hydrogen) atoms. The van der Waals surface area contributed by atoms with E-state index in [9.17, 15) is 4.79 Å². The third-order valence-corrected chi connectivity index (χ3v) is 3.85. The molecule has 8 heteroatoms. The zero-order valence-corrected chi connectivity index (χ0v) is 13.2. The van der Waals surface area contributed by atoms with Crippen molar-refractivity contribution >= 4 is 5.91 Å². The molecule has 8 nitrogen and oxygen atoms in total. The van der Waals surface area contributed by atoms with Crippen molar-refractivity contribution in [2.45, 2.75) is 32.7 Å². The van der Waals surface area contributed by atoms with Crippen molar-refractivity contribution in [1.29, 1.82) is 0 Å². The number of hydrogen-bond acceptors (Lipinski definition) is 7. The Morgan fingerprint density at radius 3 is 2.65 bits per heavy atom. The number of amides is 1. The summed E-state index contributed by atoms with van der Waals surface area (Å²) >= 11 is 0. The van der Waals surface area contributed by atoms with Crippen molar-refractivity contribution in [2.24, 2.45) is 5.92 Å². The molecule has 0 saturated carbocycles. The molecule has 0 radical (unpaired) electrons. The van der Waals surface area contributed by atoms with Crippen molar-refractivity contribution in [3.05, 3.63) is 35.5 Å². The van der Waals surface area contributed by atoms with Gasteiger partial charge in [-0.3, -0.25) is 9.78 Å². The van der Waals surface area contributed by atoms with E-state index in [1.807, 2.05) is 6.92 Å². The molecule has 1 amide bonds. The molecule has 122 valence electrons. The van der Waals surface area contributed by atoms with Crippen molar-refractivity contribution in [3.63, 3.8) is 0 Å². The summed E-state index contributed by atoms with van der Waals surface area (Å²) < 4.78 is 10.7. The first-order valence-corrected chi connectivity index (χ1v) is 7.61. The number of carbonyl (C=O) groups is 1. The molecule has 3 heterocycles. The number of aryl methyl sites for hydroxylation is 2. The second-order valence-electron chi connectivity index (χ2n) is 5.62. The van der Waals surface area contributed by atoms with Crippen LogP contribution in [-0.4, -0.2) is 39.2 Å². The molecule has 0 aliphatic carbocycles. The van der Waals surface area contributed by atoms with Gasteiger partial charge in [0.25, 0.3) is 5.91 Å². The molecule has 1 saturated heterocycles. The van der Waals surface area contributed by atoms with Crippen molar-refractivity contribution in [1.82, 2.24) is 25.4 Å². The fourth-order valence-electron chi connectivity index (χ4n) is 2.59. The lowest BCUT2D eigenvalue weighted by Gasteiger charge is -2.28. The van der Waals surface area contributed by atoms with Crippen molar-refractivity contribution in [2.75, 3.05) is 13.2 Å². The average Bonchev–Trinajstić information content (AvgIpc) is 3.00. The molecule has 3 rings (SSSR count). The fraction of sp³-hybridized carbons (Fsp3) is 0.533. The van der Waals surface area contributed by atoms with E-state index in [1.54, 1.807) is 13.1 Å². The van der Waals surface area contributed by atoms with Gasteiger partial charge in [-0.2, -0.15) is 4.98 Å². The molecule has 1 N–H and O–H groups in total. The van der Waals surface area contributed by atoms with E-state index in [1.165, 1.54) is 6.20 Å². The summed E-state index contributed by atoms with van der Waals surface area (Å²) in [7, 11) is 0. The lowest BCUT2D eigenvalue weighted by Crippen LogP contribution is -2.36. The standard InChI is InChI=1S/C15H19N5O3/c1-9-7-17-12(8-16-9)14(21)19-13(11-3-5-22-6-4-11)15-18-10(2)20-23-15/h7-8,11,13H,3-6H2,1-2H3,(H,19,21). The highest BCUT2D eigenvalue weighted by Gasteiger charge is 2.31. The number of ether oxygens (including phenoxy) is 1. The minimum atomic E-state index is -0.351. The van der Waals surface area contributed by atoms with Crippen LogP contribution < -0.4 is 5.32 Å². The first kappa shape index (κ1) is 15.5. The van der Waals surface area contributed by atoms with Gasteiger partial charge in [0.15, 0.2) is 5.82 Å². The molecule has 2 aromatic heterocycles. The maximum absolute atomic E-state index is 12.5.